The van der Waals surface area contributed by atoms with Crippen LogP contribution in [0, 0.1) is 0 Å². The molecule has 0 aromatic carbocycles. The van der Waals surface area contributed by atoms with Crippen molar-refractivity contribution in [1.29, 1.82) is 0 Å². The van der Waals surface area contributed by atoms with E-state index in [2.05, 4.69) is 10.3 Å². The van der Waals surface area contributed by atoms with E-state index >= 15 is 0 Å². The minimum atomic E-state index is -0.104. The number of aromatic nitrogens is 2. The molecule has 6 heteroatoms. The number of hydrogen-bond acceptors (Lipinski definition) is 5. The number of aryl methyl sites for hydroxylation is 1. The summed E-state index contributed by atoms with van der Waals surface area (Å²) in [6.07, 6.45) is 2.66. The molecule has 0 N–H and O–H groups in total. The Bertz CT molecular complexity index is 659. The van der Waals surface area contributed by atoms with Crippen LogP contribution in [0.3, 0.4) is 0 Å². The second-order valence-electron chi connectivity index (χ2n) is 6.00. The molecule has 3 heterocycles. The molecular formula is C16H21N3O3. The van der Waals surface area contributed by atoms with Crippen molar-refractivity contribution in [2.24, 2.45) is 0 Å². The van der Waals surface area contributed by atoms with Crippen molar-refractivity contribution in [3.63, 3.8) is 0 Å². The Morgan fingerprint density at radius 1 is 1.36 bits per heavy atom. The Balaban J connectivity index is 1.81. The highest BCUT2D eigenvalue weighted by Crippen LogP contribution is 2.33. The van der Waals surface area contributed by atoms with E-state index < -0.39 is 0 Å². The molecule has 0 radical (unpaired) electrons. The van der Waals surface area contributed by atoms with Gasteiger partial charge in [0.05, 0.1) is 11.7 Å². The molecule has 0 spiro atoms. The van der Waals surface area contributed by atoms with Crippen LogP contribution in [0.5, 0.6) is 0 Å². The summed E-state index contributed by atoms with van der Waals surface area (Å²) in [5, 5.41) is 7.94. The zero-order valence-corrected chi connectivity index (χ0v) is 13.2. The fourth-order valence-corrected chi connectivity index (χ4v) is 2.77. The van der Waals surface area contributed by atoms with E-state index in [4.69, 9.17) is 9.05 Å². The molecule has 118 valence electrons. The Morgan fingerprint density at radius 2 is 2.18 bits per heavy atom. The smallest absolute Gasteiger partial charge is 0.276 e. The first-order valence-corrected chi connectivity index (χ1v) is 7.83. The summed E-state index contributed by atoms with van der Waals surface area (Å²) in [6, 6.07) is 3.62. The molecular weight excluding hydrogens is 282 g/mol. The minimum Gasteiger partial charge on any atom is -0.360 e. The first-order chi connectivity index (χ1) is 10.6. The summed E-state index contributed by atoms with van der Waals surface area (Å²) in [5.41, 5.74) is 1.28. The van der Waals surface area contributed by atoms with Crippen molar-refractivity contribution in [3.05, 3.63) is 35.0 Å². The minimum absolute atomic E-state index is 0.0560. The number of rotatable bonds is 4. The average molecular weight is 303 g/mol. The van der Waals surface area contributed by atoms with Gasteiger partial charge in [-0.1, -0.05) is 31.1 Å². The van der Waals surface area contributed by atoms with Gasteiger partial charge in [0, 0.05) is 24.6 Å². The fraction of sp³-hybridized carbons (Fsp3) is 0.562. The van der Waals surface area contributed by atoms with E-state index in [1.165, 1.54) is 0 Å². The lowest BCUT2D eigenvalue weighted by molar-refractivity contribution is 0.0704. The topological polar surface area (TPSA) is 72.4 Å². The van der Waals surface area contributed by atoms with Gasteiger partial charge in [-0.2, -0.15) is 0 Å². The van der Waals surface area contributed by atoms with Crippen LogP contribution in [0.1, 0.15) is 73.3 Å². The van der Waals surface area contributed by atoms with Crippen molar-refractivity contribution in [2.75, 3.05) is 6.54 Å². The predicted molar refractivity (Wildman–Crippen MR) is 79.5 cm³/mol. The van der Waals surface area contributed by atoms with Gasteiger partial charge in [0.1, 0.15) is 5.76 Å². The normalized spacial score (nSPS) is 18.4. The van der Waals surface area contributed by atoms with E-state index in [9.17, 15) is 4.79 Å². The number of likely N-dealkylation sites (tertiary alicyclic amines) is 1. The van der Waals surface area contributed by atoms with Crippen molar-refractivity contribution in [1.82, 2.24) is 15.2 Å². The lowest BCUT2D eigenvalue weighted by Gasteiger charge is -2.21. The molecule has 1 amide bonds. The van der Waals surface area contributed by atoms with Gasteiger partial charge in [-0.25, -0.2) is 0 Å². The molecule has 1 unspecified atom stereocenters. The summed E-state index contributed by atoms with van der Waals surface area (Å²) >= 11 is 0. The Morgan fingerprint density at radius 3 is 2.82 bits per heavy atom. The third kappa shape index (κ3) is 2.65. The Labute approximate surface area is 129 Å². The van der Waals surface area contributed by atoms with E-state index in [0.717, 1.165) is 36.5 Å². The molecule has 0 aliphatic carbocycles. The Kier molecular flexibility index (Phi) is 4.00. The van der Waals surface area contributed by atoms with Crippen molar-refractivity contribution < 1.29 is 13.8 Å². The summed E-state index contributed by atoms with van der Waals surface area (Å²) in [7, 11) is 0. The van der Waals surface area contributed by atoms with Gasteiger partial charge in [-0.3, -0.25) is 4.79 Å². The lowest BCUT2D eigenvalue weighted by Crippen LogP contribution is -2.30. The first kappa shape index (κ1) is 14.8. The highest BCUT2D eigenvalue weighted by molar-refractivity contribution is 5.92. The molecule has 0 bridgehead atoms. The molecule has 1 aliphatic rings. The molecule has 2 aromatic rings. The second-order valence-corrected chi connectivity index (χ2v) is 6.00. The van der Waals surface area contributed by atoms with Gasteiger partial charge in [-0.15, -0.1) is 0 Å². The third-order valence-electron chi connectivity index (χ3n) is 4.10. The zero-order valence-electron chi connectivity index (χ0n) is 13.2. The van der Waals surface area contributed by atoms with Gasteiger partial charge in [-0.05, 0) is 19.3 Å². The highest BCUT2D eigenvalue weighted by atomic mass is 16.5. The van der Waals surface area contributed by atoms with Crippen LogP contribution < -0.4 is 0 Å². The summed E-state index contributed by atoms with van der Waals surface area (Å²) in [6.45, 7) is 6.75. The highest BCUT2D eigenvalue weighted by Gasteiger charge is 2.34. The van der Waals surface area contributed by atoms with Gasteiger partial charge in [0.2, 0.25) is 0 Å². The number of carbonyl (C=O) groups is 1. The van der Waals surface area contributed by atoms with Crippen LogP contribution in [-0.4, -0.2) is 27.7 Å². The van der Waals surface area contributed by atoms with Crippen LogP contribution >= 0.6 is 0 Å². The second kappa shape index (κ2) is 5.94. The molecule has 3 rings (SSSR count). The maximum absolute atomic E-state index is 12.7. The van der Waals surface area contributed by atoms with Crippen molar-refractivity contribution in [3.8, 4) is 0 Å². The Hall–Kier alpha value is -2.11. The van der Waals surface area contributed by atoms with Gasteiger partial charge in [0.15, 0.2) is 11.5 Å². The molecule has 0 saturated carbocycles. The maximum Gasteiger partial charge on any atom is 0.276 e. The van der Waals surface area contributed by atoms with Crippen molar-refractivity contribution >= 4 is 5.91 Å². The van der Waals surface area contributed by atoms with Crippen LogP contribution in [0.25, 0.3) is 0 Å². The number of carbonyl (C=O) groups excluding carboxylic acids is 1. The molecule has 1 saturated heterocycles. The molecule has 1 aliphatic heterocycles. The summed E-state index contributed by atoms with van der Waals surface area (Å²) in [5.74, 6) is 1.60. The van der Waals surface area contributed by atoms with Gasteiger partial charge in [0.25, 0.3) is 5.91 Å². The lowest BCUT2D eigenvalue weighted by atomic mass is 10.1. The quantitative estimate of drug-likeness (QED) is 0.866. The van der Waals surface area contributed by atoms with Crippen molar-refractivity contribution in [2.45, 2.75) is 52.0 Å². The SMILES string of the molecule is CCc1cc(C2CCCN2C(=O)c2cc(C(C)C)on2)on1. The van der Waals surface area contributed by atoms with Crippen LogP contribution in [0.15, 0.2) is 21.2 Å². The van der Waals surface area contributed by atoms with Crippen LogP contribution in [0.4, 0.5) is 0 Å². The fourth-order valence-electron chi connectivity index (χ4n) is 2.77. The summed E-state index contributed by atoms with van der Waals surface area (Å²) < 4.78 is 10.6. The number of amides is 1. The molecule has 1 atom stereocenters. The third-order valence-corrected chi connectivity index (χ3v) is 4.10. The van der Waals surface area contributed by atoms with Crippen LogP contribution in [0.2, 0.25) is 0 Å². The molecule has 6 nitrogen and oxygen atoms in total. The van der Waals surface area contributed by atoms with Gasteiger partial charge < -0.3 is 13.9 Å². The number of nitrogens with zero attached hydrogens (tertiary/aromatic N) is 3. The predicted octanol–water partition coefficient (Wildman–Crippen LogP) is 3.33. The van der Waals surface area contributed by atoms with E-state index in [1.807, 2.05) is 31.7 Å². The largest absolute Gasteiger partial charge is 0.360 e. The molecule has 1 fully saturated rings. The van der Waals surface area contributed by atoms with E-state index in [1.54, 1.807) is 6.07 Å². The summed E-state index contributed by atoms with van der Waals surface area (Å²) in [4.78, 5) is 14.5. The number of hydrogen-bond donors (Lipinski definition) is 0. The maximum atomic E-state index is 12.7. The van der Waals surface area contributed by atoms with Gasteiger partial charge >= 0.3 is 0 Å². The first-order valence-electron chi connectivity index (χ1n) is 7.83. The molecule has 22 heavy (non-hydrogen) atoms. The molecule has 2 aromatic heterocycles. The van der Waals surface area contributed by atoms with E-state index in [0.29, 0.717) is 12.2 Å². The van der Waals surface area contributed by atoms with E-state index in [-0.39, 0.29) is 17.9 Å². The zero-order chi connectivity index (χ0) is 15.7. The average Bonchev–Trinajstić information content (AvgIpc) is 3.24. The van der Waals surface area contributed by atoms with Crippen LogP contribution in [-0.2, 0) is 6.42 Å². The monoisotopic (exact) mass is 303 g/mol. The standard InChI is InChI=1S/C16H21N3O3/c1-4-11-8-15(22-17-11)13-6-5-7-19(13)16(20)12-9-14(10(2)3)21-18-12/h8-10,13H,4-7H2,1-3H3.